The van der Waals surface area contributed by atoms with Crippen molar-refractivity contribution in [3.05, 3.63) is 28.8 Å². The highest BCUT2D eigenvalue weighted by atomic mass is 35.5. The standard InChI is InChI=1S/C14H20ClN3O/c1-18(11-5-3-2-4-6-11)13-8-7-10(9-12(13)15)14(16)17-19/h7-9,11,19H,2-6H2,1H3,(H2,16,17). The topological polar surface area (TPSA) is 61.8 Å². The lowest BCUT2D eigenvalue weighted by molar-refractivity contribution is 0.318. The molecule has 5 heteroatoms. The van der Waals surface area contributed by atoms with Crippen molar-refractivity contribution in [1.29, 1.82) is 0 Å². The number of oxime groups is 1. The van der Waals surface area contributed by atoms with Gasteiger partial charge in [0.1, 0.15) is 0 Å². The fraction of sp³-hybridized carbons (Fsp3) is 0.500. The predicted molar refractivity (Wildman–Crippen MR) is 79.2 cm³/mol. The zero-order valence-electron chi connectivity index (χ0n) is 11.1. The van der Waals surface area contributed by atoms with Gasteiger partial charge in [-0.15, -0.1) is 0 Å². The van der Waals surface area contributed by atoms with E-state index in [0.29, 0.717) is 16.6 Å². The molecule has 2 rings (SSSR count). The van der Waals surface area contributed by atoms with Gasteiger partial charge in [-0.25, -0.2) is 0 Å². The third-order valence-electron chi connectivity index (χ3n) is 3.85. The highest BCUT2D eigenvalue weighted by Crippen LogP contribution is 2.31. The van der Waals surface area contributed by atoms with E-state index in [2.05, 4.69) is 17.1 Å². The zero-order valence-corrected chi connectivity index (χ0v) is 11.9. The number of hydrogen-bond acceptors (Lipinski definition) is 3. The summed E-state index contributed by atoms with van der Waals surface area (Å²) in [5, 5.41) is 12.3. The van der Waals surface area contributed by atoms with Crippen LogP contribution in [0.1, 0.15) is 37.7 Å². The van der Waals surface area contributed by atoms with Crippen molar-refractivity contribution in [2.45, 2.75) is 38.1 Å². The average molecular weight is 282 g/mol. The van der Waals surface area contributed by atoms with Crippen LogP contribution in [0.25, 0.3) is 0 Å². The molecule has 104 valence electrons. The Balaban J connectivity index is 2.20. The molecule has 0 atom stereocenters. The van der Waals surface area contributed by atoms with Crippen molar-refractivity contribution in [2.24, 2.45) is 10.9 Å². The second kappa shape index (κ2) is 6.15. The van der Waals surface area contributed by atoms with Gasteiger partial charge in [-0.3, -0.25) is 0 Å². The average Bonchev–Trinajstić information content (AvgIpc) is 2.46. The molecule has 4 nitrogen and oxygen atoms in total. The Labute approximate surface area is 118 Å². The van der Waals surface area contributed by atoms with E-state index in [9.17, 15) is 0 Å². The first kappa shape index (κ1) is 14.0. The van der Waals surface area contributed by atoms with E-state index in [1.807, 2.05) is 12.1 Å². The fourth-order valence-corrected chi connectivity index (χ4v) is 2.99. The summed E-state index contributed by atoms with van der Waals surface area (Å²) in [5.41, 5.74) is 7.20. The minimum absolute atomic E-state index is 0.0776. The third kappa shape index (κ3) is 3.13. The van der Waals surface area contributed by atoms with E-state index in [0.717, 1.165) is 5.69 Å². The Hall–Kier alpha value is -1.42. The number of anilines is 1. The molecular weight excluding hydrogens is 262 g/mol. The Bertz CT molecular complexity index is 470. The van der Waals surface area contributed by atoms with Crippen molar-refractivity contribution in [1.82, 2.24) is 0 Å². The number of nitrogens with zero attached hydrogens (tertiary/aromatic N) is 2. The first-order chi connectivity index (χ1) is 9.13. The molecule has 0 radical (unpaired) electrons. The first-order valence-electron chi connectivity index (χ1n) is 6.63. The summed E-state index contributed by atoms with van der Waals surface area (Å²) in [6, 6.07) is 6.06. The molecule has 0 saturated heterocycles. The van der Waals surface area contributed by atoms with Gasteiger partial charge in [0.15, 0.2) is 5.84 Å². The summed E-state index contributed by atoms with van der Waals surface area (Å²) in [4.78, 5) is 2.25. The van der Waals surface area contributed by atoms with Gasteiger partial charge < -0.3 is 15.8 Å². The van der Waals surface area contributed by atoms with Crippen LogP contribution in [0.15, 0.2) is 23.4 Å². The second-order valence-corrected chi connectivity index (χ2v) is 5.46. The molecule has 0 unspecified atom stereocenters. The maximum atomic E-state index is 8.67. The smallest absolute Gasteiger partial charge is 0.170 e. The lowest BCUT2D eigenvalue weighted by Crippen LogP contribution is -2.33. The van der Waals surface area contributed by atoms with Crippen molar-refractivity contribution < 1.29 is 5.21 Å². The molecule has 1 aromatic carbocycles. The molecule has 0 bridgehead atoms. The molecule has 1 saturated carbocycles. The van der Waals surface area contributed by atoms with Gasteiger partial charge >= 0.3 is 0 Å². The normalized spacial score (nSPS) is 17.5. The van der Waals surface area contributed by atoms with Crippen LogP contribution in [0, 0.1) is 0 Å². The molecule has 0 aliphatic heterocycles. The fourth-order valence-electron chi connectivity index (χ4n) is 2.68. The van der Waals surface area contributed by atoms with Gasteiger partial charge in [0.25, 0.3) is 0 Å². The van der Waals surface area contributed by atoms with Crippen LogP contribution in [0.4, 0.5) is 5.69 Å². The van der Waals surface area contributed by atoms with Crippen LogP contribution in [-0.4, -0.2) is 24.1 Å². The zero-order chi connectivity index (χ0) is 13.8. The number of nitrogens with two attached hydrogens (primary N) is 1. The predicted octanol–water partition coefficient (Wildman–Crippen LogP) is 3.20. The van der Waals surface area contributed by atoms with E-state index in [4.69, 9.17) is 22.5 Å². The number of amidine groups is 1. The van der Waals surface area contributed by atoms with E-state index < -0.39 is 0 Å². The van der Waals surface area contributed by atoms with Crippen molar-refractivity contribution in [3.8, 4) is 0 Å². The summed E-state index contributed by atoms with van der Waals surface area (Å²) < 4.78 is 0. The van der Waals surface area contributed by atoms with Gasteiger partial charge in [-0.2, -0.15) is 0 Å². The summed E-state index contributed by atoms with van der Waals surface area (Å²) in [6.07, 6.45) is 6.34. The van der Waals surface area contributed by atoms with Crippen LogP contribution in [0.5, 0.6) is 0 Å². The van der Waals surface area contributed by atoms with E-state index in [-0.39, 0.29) is 5.84 Å². The molecule has 1 aliphatic carbocycles. The quantitative estimate of drug-likeness (QED) is 0.387. The van der Waals surface area contributed by atoms with Gasteiger partial charge in [0, 0.05) is 18.7 Å². The monoisotopic (exact) mass is 281 g/mol. The Morgan fingerprint density at radius 2 is 2.05 bits per heavy atom. The maximum absolute atomic E-state index is 8.67. The summed E-state index contributed by atoms with van der Waals surface area (Å²) in [5.74, 6) is 0.0776. The minimum atomic E-state index is 0.0776. The van der Waals surface area contributed by atoms with E-state index in [1.165, 1.54) is 32.1 Å². The first-order valence-corrected chi connectivity index (χ1v) is 7.01. The second-order valence-electron chi connectivity index (χ2n) is 5.05. The van der Waals surface area contributed by atoms with Crippen molar-refractivity contribution in [2.75, 3.05) is 11.9 Å². The van der Waals surface area contributed by atoms with Crippen LogP contribution in [0.3, 0.4) is 0 Å². The molecule has 1 aromatic rings. The third-order valence-corrected chi connectivity index (χ3v) is 4.16. The summed E-state index contributed by atoms with van der Waals surface area (Å²) in [6.45, 7) is 0. The van der Waals surface area contributed by atoms with Crippen LogP contribution in [-0.2, 0) is 0 Å². The largest absolute Gasteiger partial charge is 0.409 e. The van der Waals surface area contributed by atoms with Gasteiger partial charge in [-0.1, -0.05) is 36.0 Å². The van der Waals surface area contributed by atoms with E-state index >= 15 is 0 Å². The molecule has 1 fully saturated rings. The molecular formula is C14H20ClN3O. The summed E-state index contributed by atoms with van der Waals surface area (Å²) >= 11 is 6.31. The van der Waals surface area contributed by atoms with E-state index in [1.54, 1.807) is 6.07 Å². The highest BCUT2D eigenvalue weighted by molar-refractivity contribution is 6.33. The SMILES string of the molecule is CN(c1ccc(C(N)=NO)cc1Cl)C1CCCCC1. The van der Waals surface area contributed by atoms with Crippen LogP contribution >= 0.6 is 11.6 Å². The molecule has 1 aliphatic rings. The van der Waals surface area contributed by atoms with Gasteiger partial charge in [0.05, 0.1) is 10.7 Å². The lowest BCUT2D eigenvalue weighted by atomic mass is 9.94. The molecule has 3 N–H and O–H groups in total. The minimum Gasteiger partial charge on any atom is -0.409 e. The van der Waals surface area contributed by atoms with Crippen molar-refractivity contribution in [3.63, 3.8) is 0 Å². The highest BCUT2D eigenvalue weighted by Gasteiger charge is 2.20. The number of halogens is 1. The Morgan fingerprint density at radius 1 is 1.37 bits per heavy atom. The number of benzene rings is 1. The van der Waals surface area contributed by atoms with Crippen molar-refractivity contribution >= 4 is 23.1 Å². The maximum Gasteiger partial charge on any atom is 0.170 e. The molecule has 19 heavy (non-hydrogen) atoms. The molecule has 0 spiro atoms. The number of rotatable bonds is 3. The van der Waals surface area contributed by atoms with Gasteiger partial charge in [0.2, 0.25) is 0 Å². The molecule has 0 aromatic heterocycles. The molecule has 0 amide bonds. The van der Waals surface area contributed by atoms with Crippen LogP contribution < -0.4 is 10.6 Å². The Morgan fingerprint density at radius 3 is 2.63 bits per heavy atom. The Kier molecular flexibility index (Phi) is 4.53. The summed E-state index contributed by atoms with van der Waals surface area (Å²) in [7, 11) is 2.08. The number of hydrogen-bond donors (Lipinski definition) is 2. The van der Waals surface area contributed by atoms with Gasteiger partial charge in [-0.05, 0) is 31.0 Å². The lowest BCUT2D eigenvalue weighted by Gasteiger charge is -2.33. The molecule has 0 heterocycles. The van der Waals surface area contributed by atoms with Crippen LogP contribution in [0.2, 0.25) is 5.02 Å².